The summed E-state index contributed by atoms with van der Waals surface area (Å²) in [5, 5.41) is 0.832. The van der Waals surface area contributed by atoms with Crippen molar-refractivity contribution >= 4 is 43.7 Å². The fourth-order valence-electron chi connectivity index (χ4n) is 7.13. The Bertz CT molecular complexity index is 4190. The number of nitrogens with zero attached hydrogens (tertiary/aromatic N) is 4. The molecule has 0 spiro atoms. The molecule has 5 nitrogen and oxygen atoms in total. The number of benzene rings is 8. The molecule has 11 aromatic rings. The van der Waals surface area contributed by atoms with Gasteiger partial charge in [0.05, 0.1) is 40.0 Å². The maximum Gasteiger partial charge on any atom is 0.164 e. The van der Waals surface area contributed by atoms with Crippen LogP contribution < -0.4 is 0 Å². The molecule has 56 heavy (non-hydrogen) atoms. The number of hydrogen-bond donors (Lipinski definition) is 0. The first-order valence-electron chi connectivity index (χ1n) is 25.9. The zero-order valence-electron chi connectivity index (χ0n) is 45.9. The lowest BCUT2D eigenvalue weighted by Crippen LogP contribution is -2.02. The van der Waals surface area contributed by atoms with Crippen LogP contribution in [0.25, 0.3) is 106 Å². The number of aromatic nitrogens is 4. The van der Waals surface area contributed by atoms with E-state index < -0.39 is 114 Å². The molecule has 3 aromatic heterocycles. The first kappa shape index (κ1) is 19.1. The molecular formula is C51H32N4O. The minimum absolute atomic E-state index is 0.0508. The Kier molecular flexibility index (Phi) is 4.45. The van der Waals surface area contributed by atoms with Gasteiger partial charge in [-0.2, -0.15) is 0 Å². The number of hydrogen-bond acceptors (Lipinski definition) is 4. The maximum atomic E-state index is 9.49. The summed E-state index contributed by atoms with van der Waals surface area (Å²) in [6, 6.07) is 13.8. The van der Waals surface area contributed by atoms with Gasteiger partial charge in [0.15, 0.2) is 17.5 Å². The minimum Gasteiger partial charge on any atom is -0.456 e. The molecule has 262 valence electrons. The fraction of sp³-hybridized carbons (Fsp3) is 0. The van der Waals surface area contributed by atoms with Crippen LogP contribution in [0.3, 0.4) is 0 Å². The van der Waals surface area contributed by atoms with Crippen LogP contribution in [0, 0.1) is 0 Å². The maximum absolute atomic E-state index is 9.49. The van der Waals surface area contributed by atoms with Crippen LogP contribution >= 0.6 is 0 Å². The zero-order chi connectivity index (χ0) is 51.8. The molecule has 0 bridgehead atoms. The second-order valence-corrected chi connectivity index (χ2v) is 12.7. The average molecular weight is 734 g/mol. The van der Waals surface area contributed by atoms with Crippen molar-refractivity contribution in [1.82, 2.24) is 19.5 Å². The van der Waals surface area contributed by atoms with Crippen molar-refractivity contribution in [2.24, 2.45) is 0 Å². The van der Waals surface area contributed by atoms with Crippen LogP contribution in [0.5, 0.6) is 0 Å². The third kappa shape index (κ3) is 5.21. The van der Waals surface area contributed by atoms with E-state index >= 15 is 0 Å². The highest BCUT2D eigenvalue weighted by Gasteiger charge is 2.21. The van der Waals surface area contributed by atoms with E-state index in [2.05, 4.69) is 0 Å². The van der Waals surface area contributed by atoms with Gasteiger partial charge in [-0.3, -0.25) is 0 Å². The smallest absolute Gasteiger partial charge is 0.164 e. The largest absolute Gasteiger partial charge is 0.456 e. The summed E-state index contributed by atoms with van der Waals surface area (Å²) >= 11 is 0. The number of furan rings is 1. The van der Waals surface area contributed by atoms with Crippen LogP contribution in [0.4, 0.5) is 0 Å². The molecule has 0 radical (unpaired) electrons. The van der Waals surface area contributed by atoms with Crippen molar-refractivity contribution < 1.29 is 27.7 Å². The first-order chi connectivity index (χ1) is 34.8. The topological polar surface area (TPSA) is 56.7 Å². The van der Waals surface area contributed by atoms with Crippen LogP contribution in [-0.2, 0) is 0 Å². The second-order valence-electron chi connectivity index (χ2n) is 12.7. The van der Waals surface area contributed by atoms with E-state index in [0.29, 0.717) is 22.3 Å². The molecule has 0 N–H and O–H groups in total. The zero-order valence-corrected chi connectivity index (χ0v) is 28.9. The Labute approximate surface area is 346 Å². The van der Waals surface area contributed by atoms with Crippen molar-refractivity contribution in [2.75, 3.05) is 0 Å². The molecule has 0 saturated heterocycles. The van der Waals surface area contributed by atoms with Crippen LogP contribution in [0.2, 0.25) is 0 Å². The van der Waals surface area contributed by atoms with E-state index in [-0.39, 0.29) is 61.7 Å². The summed E-state index contributed by atoms with van der Waals surface area (Å²) in [5.41, 5.74) is 0.123. The van der Waals surface area contributed by atoms with Crippen molar-refractivity contribution in [3.05, 3.63) is 194 Å². The molecule has 0 fully saturated rings. The van der Waals surface area contributed by atoms with Crippen LogP contribution in [0.1, 0.15) is 23.3 Å². The number of para-hydroxylation sites is 2. The van der Waals surface area contributed by atoms with E-state index in [1.54, 1.807) is 6.07 Å². The predicted molar refractivity (Wildman–Crippen MR) is 229 cm³/mol. The van der Waals surface area contributed by atoms with Gasteiger partial charge in [0, 0.05) is 43.8 Å². The lowest BCUT2D eigenvalue weighted by atomic mass is 9.99. The number of rotatable bonds is 6. The fourth-order valence-corrected chi connectivity index (χ4v) is 7.13. The summed E-state index contributed by atoms with van der Waals surface area (Å²) in [7, 11) is 0. The Morgan fingerprint density at radius 3 is 1.89 bits per heavy atom. The number of fused-ring (bicyclic) bond motifs is 6. The third-order valence-electron chi connectivity index (χ3n) is 9.55. The van der Waals surface area contributed by atoms with Crippen LogP contribution in [-0.4, -0.2) is 19.5 Å². The Morgan fingerprint density at radius 2 is 1.07 bits per heavy atom. The summed E-state index contributed by atoms with van der Waals surface area (Å²) in [5.74, 6) is 0.515. The summed E-state index contributed by atoms with van der Waals surface area (Å²) in [4.78, 5) is 14.8. The quantitative estimate of drug-likeness (QED) is 0.171. The highest BCUT2D eigenvalue weighted by atomic mass is 16.3. The molecule has 0 aliphatic heterocycles. The lowest BCUT2D eigenvalue weighted by Gasteiger charge is -2.16. The van der Waals surface area contributed by atoms with Gasteiger partial charge >= 0.3 is 0 Å². The van der Waals surface area contributed by atoms with Gasteiger partial charge in [0.25, 0.3) is 0 Å². The minimum atomic E-state index is -0.804. The van der Waals surface area contributed by atoms with Gasteiger partial charge in [-0.25, -0.2) is 15.0 Å². The van der Waals surface area contributed by atoms with Crippen molar-refractivity contribution in [2.45, 2.75) is 0 Å². The summed E-state index contributed by atoms with van der Waals surface area (Å²) < 4.78 is 159. The van der Waals surface area contributed by atoms with E-state index in [1.807, 2.05) is 66.7 Å². The van der Waals surface area contributed by atoms with Crippen molar-refractivity contribution in [3.8, 4) is 62.1 Å². The molecule has 0 saturated carbocycles. The van der Waals surface area contributed by atoms with Gasteiger partial charge in [-0.1, -0.05) is 151 Å². The molecule has 0 unspecified atom stereocenters. The van der Waals surface area contributed by atoms with E-state index in [0.717, 1.165) is 10.8 Å². The molecule has 5 heteroatoms. The molecule has 0 aliphatic carbocycles. The second kappa shape index (κ2) is 13.0. The van der Waals surface area contributed by atoms with E-state index in [9.17, 15) is 8.22 Å². The van der Waals surface area contributed by atoms with E-state index in [4.69, 9.17) is 34.4 Å². The van der Waals surface area contributed by atoms with Crippen molar-refractivity contribution in [1.29, 1.82) is 0 Å². The van der Waals surface area contributed by atoms with Crippen molar-refractivity contribution in [3.63, 3.8) is 0 Å². The van der Waals surface area contributed by atoms with Gasteiger partial charge in [0.1, 0.15) is 11.2 Å². The van der Waals surface area contributed by atoms with Gasteiger partial charge in [-0.05, 0) is 59.1 Å². The monoisotopic (exact) mass is 733 g/mol. The summed E-state index contributed by atoms with van der Waals surface area (Å²) in [6.07, 6.45) is 0. The van der Waals surface area contributed by atoms with Gasteiger partial charge in [-0.15, -0.1) is 0 Å². The van der Waals surface area contributed by atoms with Crippen LogP contribution in [0.15, 0.2) is 198 Å². The Balaban J connectivity index is 1.30. The highest BCUT2D eigenvalue weighted by molar-refractivity contribution is 6.16. The first-order valence-corrected chi connectivity index (χ1v) is 17.4. The SMILES string of the molecule is [2H]c1c([2H])c([2H])c(-c2cc(-c3nc(-c4ccccc4)nc(-c4cccc5oc6ccccc6c45)n3)ccc2-n2c3c([2H])c([2H])c([2H])c([2H])c3c3c(-c4c([2H])c([2H])c([2H])c([2H])c4[2H])c([2H])c([2H])c([2H])c32)c([2H])c1[2H]. The molecule has 3 heterocycles. The summed E-state index contributed by atoms with van der Waals surface area (Å²) in [6.45, 7) is 0. The molecular weight excluding hydrogens is 685 g/mol. The molecule has 0 amide bonds. The lowest BCUT2D eigenvalue weighted by molar-refractivity contribution is 0.669. The normalized spacial score (nSPS) is 15.8. The Morgan fingerprint density at radius 1 is 0.411 bits per heavy atom. The molecule has 8 aromatic carbocycles. The average Bonchev–Trinajstić information content (AvgIpc) is 3.97. The standard InChI is InChI=1S/C51H32N4O/c1-4-16-33(17-5-1)37-24-14-27-44-47(37)38-22-10-12-26-42(38)55(44)43-31-30-36(32-41(43)34-18-6-2-7-19-34)50-52-49(35-20-8-3-9-21-35)53-51(54-50)40-25-15-29-46-48(40)39-23-11-13-28-45(39)56-46/h1-32H/i1D,2D,4D,5D,6D,7D,10D,12D,14D,16D,17D,18D,19D,22D,24D,26D,27D. The predicted octanol–water partition coefficient (Wildman–Crippen LogP) is 13.2. The molecule has 0 aliphatic rings. The van der Waals surface area contributed by atoms with Gasteiger partial charge < -0.3 is 8.98 Å². The third-order valence-corrected chi connectivity index (χ3v) is 9.55. The molecule has 11 rings (SSSR count). The van der Waals surface area contributed by atoms with E-state index in [1.165, 1.54) is 22.8 Å². The highest BCUT2D eigenvalue weighted by Crippen LogP contribution is 2.42. The van der Waals surface area contributed by atoms with Gasteiger partial charge in [0.2, 0.25) is 0 Å². The Hall–Kier alpha value is -7.63. The molecule has 0 atom stereocenters.